The monoisotopic (exact) mass is 422 g/mol. The summed E-state index contributed by atoms with van der Waals surface area (Å²) in [6.45, 7) is 1.45. The van der Waals surface area contributed by atoms with E-state index < -0.39 is 0 Å². The molecule has 2 aliphatic rings. The molecule has 2 heterocycles. The van der Waals surface area contributed by atoms with Crippen LogP contribution in [0.25, 0.3) is 5.57 Å². The third kappa shape index (κ3) is 3.62. The molecule has 0 unspecified atom stereocenters. The van der Waals surface area contributed by atoms with Gasteiger partial charge >= 0.3 is 0 Å². The lowest BCUT2D eigenvalue weighted by molar-refractivity contribution is 0.0641. The van der Waals surface area contributed by atoms with Crippen LogP contribution in [-0.2, 0) is 6.54 Å². The van der Waals surface area contributed by atoms with Gasteiger partial charge in [0.15, 0.2) is 0 Å². The van der Waals surface area contributed by atoms with Gasteiger partial charge in [-0.05, 0) is 47.4 Å². The second-order valence-electron chi connectivity index (χ2n) is 8.04. The van der Waals surface area contributed by atoms with Crippen molar-refractivity contribution < 1.29 is 14.4 Å². The Labute approximate surface area is 186 Å². The van der Waals surface area contributed by atoms with Crippen molar-refractivity contribution in [2.45, 2.75) is 13.0 Å². The highest BCUT2D eigenvalue weighted by atomic mass is 16.2. The molecule has 158 valence electrons. The highest BCUT2D eigenvalue weighted by Crippen LogP contribution is 2.25. The fourth-order valence-corrected chi connectivity index (χ4v) is 4.27. The second-order valence-corrected chi connectivity index (χ2v) is 8.04. The molecular formula is C27H22N2O3. The molecule has 0 aromatic heterocycles. The van der Waals surface area contributed by atoms with E-state index >= 15 is 0 Å². The van der Waals surface area contributed by atoms with Gasteiger partial charge in [-0.15, -0.1) is 0 Å². The maximum Gasteiger partial charge on any atom is 0.261 e. The Kier molecular flexibility index (Phi) is 5.15. The first-order valence-electron chi connectivity index (χ1n) is 10.7. The first-order valence-corrected chi connectivity index (χ1v) is 10.7. The van der Waals surface area contributed by atoms with Crippen molar-refractivity contribution in [2.75, 3.05) is 13.1 Å². The number of benzene rings is 3. The van der Waals surface area contributed by atoms with E-state index in [-0.39, 0.29) is 24.3 Å². The van der Waals surface area contributed by atoms with E-state index in [1.165, 1.54) is 16.0 Å². The standard InChI is InChI=1S/C27H22N2O3/c30-25(28-16-14-21(15-17-28)20-6-2-1-3-7-20)22-12-10-19(11-13-22)18-29-26(31)23-8-4-5-9-24(23)27(29)32/h1-14H,15-18H2. The second kappa shape index (κ2) is 8.27. The van der Waals surface area contributed by atoms with E-state index in [0.29, 0.717) is 29.8 Å². The Balaban J connectivity index is 1.25. The molecular weight excluding hydrogens is 400 g/mol. The Bertz CT molecular complexity index is 1190. The Morgan fingerprint density at radius 1 is 0.781 bits per heavy atom. The fourth-order valence-electron chi connectivity index (χ4n) is 4.27. The summed E-state index contributed by atoms with van der Waals surface area (Å²) in [5.41, 5.74) is 4.77. The molecule has 0 fully saturated rings. The van der Waals surface area contributed by atoms with E-state index in [4.69, 9.17) is 0 Å². The van der Waals surface area contributed by atoms with Crippen molar-refractivity contribution in [3.8, 4) is 0 Å². The molecule has 0 radical (unpaired) electrons. The van der Waals surface area contributed by atoms with Gasteiger partial charge in [0, 0.05) is 18.7 Å². The third-order valence-corrected chi connectivity index (χ3v) is 6.06. The van der Waals surface area contributed by atoms with Crippen LogP contribution in [-0.4, -0.2) is 40.6 Å². The molecule has 0 aliphatic carbocycles. The fraction of sp³-hybridized carbons (Fsp3) is 0.148. The number of fused-ring (bicyclic) bond motifs is 1. The summed E-state index contributed by atoms with van der Waals surface area (Å²) < 4.78 is 0. The Morgan fingerprint density at radius 3 is 2.00 bits per heavy atom. The lowest BCUT2D eigenvalue weighted by Gasteiger charge is -2.27. The quantitative estimate of drug-likeness (QED) is 0.585. The van der Waals surface area contributed by atoms with Crippen LogP contribution in [0.15, 0.2) is 84.9 Å². The molecule has 2 aliphatic heterocycles. The molecule has 0 saturated heterocycles. The maximum atomic E-state index is 12.9. The average molecular weight is 422 g/mol. The van der Waals surface area contributed by atoms with Crippen LogP contribution in [0.4, 0.5) is 0 Å². The van der Waals surface area contributed by atoms with Gasteiger partial charge in [-0.3, -0.25) is 19.3 Å². The van der Waals surface area contributed by atoms with Gasteiger partial charge in [0.2, 0.25) is 0 Å². The van der Waals surface area contributed by atoms with E-state index in [2.05, 4.69) is 18.2 Å². The van der Waals surface area contributed by atoms with Gasteiger partial charge in [0.05, 0.1) is 17.7 Å². The van der Waals surface area contributed by atoms with Crippen LogP contribution in [0.5, 0.6) is 0 Å². The van der Waals surface area contributed by atoms with Gasteiger partial charge in [-0.2, -0.15) is 0 Å². The van der Waals surface area contributed by atoms with Gasteiger partial charge in [-0.1, -0.05) is 60.7 Å². The summed E-state index contributed by atoms with van der Waals surface area (Å²) >= 11 is 0. The smallest absolute Gasteiger partial charge is 0.261 e. The van der Waals surface area contributed by atoms with Crippen LogP contribution < -0.4 is 0 Å². The first kappa shape index (κ1) is 19.9. The summed E-state index contributed by atoms with van der Waals surface area (Å²) in [4.78, 5) is 41.1. The minimum absolute atomic E-state index is 0.0133. The van der Waals surface area contributed by atoms with Crippen molar-refractivity contribution >= 4 is 23.3 Å². The number of hydrogen-bond donors (Lipinski definition) is 0. The van der Waals surface area contributed by atoms with Gasteiger partial charge < -0.3 is 4.90 Å². The summed E-state index contributed by atoms with van der Waals surface area (Å²) in [5, 5.41) is 0. The van der Waals surface area contributed by atoms with Gasteiger partial charge in [-0.25, -0.2) is 0 Å². The summed E-state index contributed by atoms with van der Waals surface area (Å²) in [6, 6.07) is 24.3. The van der Waals surface area contributed by atoms with Crippen molar-refractivity contribution in [1.29, 1.82) is 0 Å². The average Bonchev–Trinajstić information content (AvgIpc) is 3.10. The molecule has 0 atom stereocenters. The zero-order chi connectivity index (χ0) is 22.1. The normalized spacial score (nSPS) is 15.6. The lowest BCUT2D eigenvalue weighted by atomic mass is 9.99. The van der Waals surface area contributed by atoms with Crippen molar-refractivity contribution in [1.82, 2.24) is 9.80 Å². The molecule has 0 saturated carbocycles. The predicted octanol–water partition coefficient (Wildman–Crippen LogP) is 4.41. The minimum atomic E-state index is -0.278. The van der Waals surface area contributed by atoms with Crippen molar-refractivity contribution in [3.63, 3.8) is 0 Å². The summed E-state index contributed by atoms with van der Waals surface area (Å²) in [7, 11) is 0. The molecule has 3 amide bonds. The summed E-state index contributed by atoms with van der Waals surface area (Å²) in [5.74, 6) is -0.569. The SMILES string of the molecule is O=C(c1ccc(CN2C(=O)c3ccccc3C2=O)cc1)N1CC=C(c2ccccc2)CC1. The Morgan fingerprint density at radius 2 is 1.41 bits per heavy atom. The zero-order valence-corrected chi connectivity index (χ0v) is 17.5. The molecule has 5 nitrogen and oxygen atoms in total. The summed E-state index contributed by atoms with van der Waals surface area (Å²) in [6.07, 6.45) is 2.95. The van der Waals surface area contributed by atoms with Gasteiger partial charge in [0.25, 0.3) is 17.7 Å². The van der Waals surface area contributed by atoms with Crippen molar-refractivity contribution in [2.24, 2.45) is 0 Å². The predicted molar refractivity (Wildman–Crippen MR) is 122 cm³/mol. The van der Waals surface area contributed by atoms with Crippen molar-refractivity contribution in [3.05, 3.63) is 113 Å². The molecule has 3 aromatic carbocycles. The van der Waals surface area contributed by atoms with Gasteiger partial charge in [0.1, 0.15) is 0 Å². The van der Waals surface area contributed by atoms with Crippen LogP contribution in [0.3, 0.4) is 0 Å². The number of nitrogens with zero attached hydrogens (tertiary/aromatic N) is 2. The van der Waals surface area contributed by atoms with Crippen LogP contribution >= 0.6 is 0 Å². The molecule has 0 bridgehead atoms. The number of carbonyl (C=O) groups is 3. The number of carbonyl (C=O) groups excluding carboxylic acids is 3. The number of amides is 3. The number of imide groups is 1. The first-order chi connectivity index (χ1) is 15.6. The maximum absolute atomic E-state index is 12.9. The lowest BCUT2D eigenvalue weighted by Crippen LogP contribution is -2.34. The highest BCUT2D eigenvalue weighted by Gasteiger charge is 2.34. The highest BCUT2D eigenvalue weighted by molar-refractivity contribution is 6.21. The molecule has 5 rings (SSSR count). The minimum Gasteiger partial charge on any atom is -0.335 e. The number of hydrogen-bond acceptors (Lipinski definition) is 3. The molecule has 5 heteroatoms. The number of rotatable bonds is 4. The van der Waals surface area contributed by atoms with Crippen LogP contribution in [0.2, 0.25) is 0 Å². The Hall–Kier alpha value is -3.99. The third-order valence-electron chi connectivity index (χ3n) is 6.06. The van der Waals surface area contributed by atoms with E-state index in [9.17, 15) is 14.4 Å². The largest absolute Gasteiger partial charge is 0.335 e. The molecule has 0 N–H and O–H groups in total. The van der Waals surface area contributed by atoms with E-state index in [1.54, 1.807) is 36.4 Å². The zero-order valence-electron chi connectivity index (χ0n) is 17.5. The van der Waals surface area contributed by atoms with E-state index in [0.717, 1.165) is 12.0 Å². The van der Waals surface area contributed by atoms with Crippen LogP contribution in [0, 0.1) is 0 Å². The molecule has 32 heavy (non-hydrogen) atoms. The topological polar surface area (TPSA) is 57.7 Å². The van der Waals surface area contributed by atoms with Crippen LogP contribution in [0.1, 0.15) is 48.6 Å². The molecule has 3 aromatic rings. The van der Waals surface area contributed by atoms with E-state index in [1.807, 2.05) is 35.2 Å². The molecule has 0 spiro atoms.